The van der Waals surface area contributed by atoms with Crippen LogP contribution >= 0.6 is 0 Å². The lowest BCUT2D eigenvalue weighted by Crippen LogP contribution is -2.48. The van der Waals surface area contributed by atoms with Crippen LogP contribution in [0.4, 0.5) is 4.79 Å². The van der Waals surface area contributed by atoms with E-state index < -0.39 is 24.5 Å². The highest BCUT2D eigenvalue weighted by molar-refractivity contribution is 5.97. The summed E-state index contributed by atoms with van der Waals surface area (Å²) in [6, 6.07) is 2.38. The van der Waals surface area contributed by atoms with Crippen molar-refractivity contribution in [3.63, 3.8) is 0 Å². The van der Waals surface area contributed by atoms with Crippen molar-refractivity contribution in [3.05, 3.63) is 17.7 Å². The number of hydrogen-bond donors (Lipinski definition) is 2. The second-order valence-corrected chi connectivity index (χ2v) is 7.17. The van der Waals surface area contributed by atoms with Gasteiger partial charge in [0.15, 0.2) is 18.1 Å². The first kappa shape index (κ1) is 20.8. The molecule has 1 fully saturated rings. The van der Waals surface area contributed by atoms with Gasteiger partial charge < -0.3 is 24.3 Å². The van der Waals surface area contributed by atoms with Gasteiger partial charge in [0.2, 0.25) is 5.75 Å². The van der Waals surface area contributed by atoms with Crippen LogP contribution in [0.3, 0.4) is 0 Å². The van der Waals surface area contributed by atoms with E-state index in [1.54, 1.807) is 0 Å². The molecule has 0 aromatic heterocycles. The van der Waals surface area contributed by atoms with E-state index in [9.17, 15) is 14.4 Å². The quantitative estimate of drug-likeness (QED) is 0.720. The molecule has 3 rings (SSSR count). The molecule has 0 radical (unpaired) electrons. The summed E-state index contributed by atoms with van der Waals surface area (Å²) in [4.78, 5) is 36.2. The number of nitrogens with one attached hydrogen (secondary N) is 2. The summed E-state index contributed by atoms with van der Waals surface area (Å²) in [6.07, 6.45) is 4.15. The number of imide groups is 1. The maximum absolute atomic E-state index is 12.3. The number of urea groups is 1. The predicted octanol–water partition coefficient (Wildman–Crippen LogP) is 2.03. The van der Waals surface area contributed by atoms with Gasteiger partial charge >= 0.3 is 12.0 Å². The molecule has 1 aromatic carbocycles. The zero-order valence-electron chi connectivity index (χ0n) is 16.6. The van der Waals surface area contributed by atoms with Crippen molar-refractivity contribution in [3.8, 4) is 17.2 Å². The van der Waals surface area contributed by atoms with Crippen LogP contribution in [-0.4, -0.2) is 50.9 Å². The van der Waals surface area contributed by atoms with Crippen molar-refractivity contribution >= 4 is 17.9 Å². The minimum atomic E-state index is -0.739. The lowest BCUT2D eigenvalue weighted by atomic mass is 9.86. The molecule has 0 saturated heterocycles. The van der Waals surface area contributed by atoms with E-state index in [2.05, 4.69) is 17.6 Å². The van der Waals surface area contributed by atoms with Crippen LogP contribution in [0, 0.1) is 5.92 Å². The lowest BCUT2D eigenvalue weighted by molar-refractivity contribution is -0.123. The van der Waals surface area contributed by atoms with E-state index in [-0.39, 0.29) is 11.6 Å². The van der Waals surface area contributed by atoms with Crippen LogP contribution < -0.4 is 24.8 Å². The van der Waals surface area contributed by atoms with E-state index in [1.165, 1.54) is 19.2 Å². The standard InChI is InChI=1S/C20H26N2O7/c1-12-5-3-4-6-14(12)21-20(25)22-17(23)11-29-19(24)13-9-15(26-2)18-16(10-13)27-7-8-28-18/h9-10,12,14H,3-8,11H2,1-2H3,(H2,21,22,23,25). The minimum absolute atomic E-state index is 0.0456. The minimum Gasteiger partial charge on any atom is -0.493 e. The summed E-state index contributed by atoms with van der Waals surface area (Å²) in [6.45, 7) is 2.24. The molecule has 29 heavy (non-hydrogen) atoms. The third kappa shape index (κ3) is 5.30. The number of rotatable bonds is 5. The summed E-state index contributed by atoms with van der Waals surface area (Å²) >= 11 is 0. The van der Waals surface area contributed by atoms with Gasteiger partial charge in [0.25, 0.3) is 5.91 Å². The Morgan fingerprint density at radius 3 is 2.66 bits per heavy atom. The molecule has 9 heteroatoms. The molecule has 1 aromatic rings. The molecule has 9 nitrogen and oxygen atoms in total. The fourth-order valence-corrected chi connectivity index (χ4v) is 3.50. The number of amides is 3. The molecule has 2 atom stereocenters. The SMILES string of the molecule is COc1cc(C(=O)OCC(=O)NC(=O)NC2CCCCC2C)cc2c1OCCO2. The number of carbonyl (C=O) groups is 3. The lowest BCUT2D eigenvalue weighted by Gasteiger charge is -2.29. The molecule has 2 N–H and O–H groups in total. The molecule has 3 amide bonds. The van der Waals surface area contributed by atoms with Crippen LogP contribution in [0.2, 0.25) is 0 Å². The molecule has 1 saturated carbocycles. The Bertz CT molecular complexity index is 763. The van der Waals surface area contributed by atoms with Crippen molar-refractivity contribution in [2.75, 3.05) is 26.9 Å². The number of hydrogen-bond acceptors (Lipinski definition) is 7. The predicted molar refractivity (Wildman–Crippen MR) is 102 cm³/mol. The summed E-state index contributed by atoms with van der Waals surface area (Å²) in [5, 5.41) is 5.00. The molecule has 1 aliphatic carbocycles. The third-order valence-electron chi connectivity index (χ3n) is 5.08. The van der Waals surface area contributed by atoms with Crippen molar-refractivity contribution < 1.29 is 33.3 Å². The van der Waals surface area contributed by atoms with E-state index in [0.717, 1.165) is 25.7 Å². The molecule has 1 aliphatic heterocycles. The van der Waals surface area contributed by atoms with Crippen LogP contribution in [-0.2, 0) is 9.53 Å². The first-order valence-corrected chi connectivity index (χ1v) is 9.73. The van der Waals surface area contributed by atoms with Crippen LogP contribution in [0.25, 0.3) is 0 Å². The van der Waals surface area contributed by atoms with Gasteiger partial charge in [0, 0.05) is 6.04 Å². The zero-order chi connectivity index (χ0) is 20.8. The van der Waals surface area contributed by atoms with E-state index in [0.29, 0.717) is 36.4 Å². The maximum atomic E-state index is 12.3. The van der Waals surface area contributed by atoms with Crippen LogP contribution in [0.15, 0.2) is 12.1 Å². The van der Waals surface area contributed by atoms with Gasteiger partial charge in [0.05, 0.1) is 12.7 Å². The molecule has 0 spiro atoms. The number of carbonyl (C=O) groups excluding carboxylic acids is 3. The number of esters is 1. The number of fused-ring (bicyclic) bond motifs is 1. The largest absolute Gasteiger partial charge is 0.493 e. The Hall–Kier alpha value is -2.97. The van der Waals surface area contributed by atoms with Crippen molar-refractivity contribution in [1.29, 1.82) is 0 Å². The van der Waals surface area contributed by atoms with Gasteiger partial charge in [-0.2, -0.15) is 0 Å². The number of methoxy groups -OCH3 is 1. The average molecular weight is 406 g/mol. The first-order valence-electron chi connectivity index (χ1n) is 9.73. The molecular formula is C20H26N2O7. The highest BCUT2D eigenvalue weighted by Crippen LogP contribution is 2.40. The summed E-state index contributed by atoms with van der Waals surface area (Å²) in [5.74, 6) is 0.0439. The maximum Gasteiger partial charge on any atom is 0.338 e. The number of benzene rings is 1. The molecular weight excluding hydrogens is 380 g/mol. The summed E-state index contributed by atoms with van der Waals surface area (Å²) in [5.41, 5.74) is 0.152. The average Bonchev–Trinajstić information content (AvgIpc) is 2.72. The molecule has 0 bridgehead atoms. The molecule has 158 valence electrons. The smallest absolute Gasteiger partial charge is 0.338 e. The summed E-state index contributed by atoms with van der Waals surface area (Å²) in [7, 11) is 1.45. The Kier molecular flexibility index (Phi) is 6.79. The van der Waals surface area contributed by atoms with Gasteiger partial charge in [-0.05, 0) is 30.9 Å². The fraction of sp³-hybridized carbons (Fsp3) is 0.550. The normalized spacial score (nSPS) is 20.3. The first-order chi connectivity index (χ1) is 14.0. The molecule has 2 unspecified atom stereocenters. The number of ether oxygens (including phenoxy) is 4. The van der Waals surface area contributed by atoms with Crippen LogP contribution in [0.5, 0.6) is 17.2 Å². The zero-order valence-corrected chi connectivity index (χ0v) is 16.6. The van der Waals surface area contributed by atoms with Gasteiger partial charge in [0.1, 0.15) is 13.2 Å². The van der Waals surface area contributed by atoms with Crippen molar-refractivity contribution in [2.45, 2.75) is 38.6 Å². The topological polar surface area (TPSA) is 112 Å². The Morgan fingerprint density at radius 1 is 1.14 bits per heavy atom. The van der Waals surface area contributed by atoms with Crippen molar-refractivity contribution in [2.24, 2.45) is 5.92 Å². The highest BCUT2D eigenvalue weighted by Gasteiger charge is 2.24. The second-order valence-electron chi connectivity index (χ2n) is 7.17. The van der Waals surface area contributed by atoms with E-state index in [1.807, 2.05) is 0 Å². The van der Waals surface area contributed by atoms with Gasteiger partial charge in [-0.1, -0.05) is 19.8 Å². The fourth-order valence-electron chi connectivity index (χ4n) is 3.50. The third-order valence-corrected chi connectivity index (χ3v) is 5.08. The van der Waals surface area contributed by atoms with Gasteiger partial charge in [-0.3, -0.25) is 10.1 Å². The van der Waals surface area contributed by atoms with E-state index >= 15 is 0 Å². The van der Waals surface area contributed by atoms with E-state index in [4.69, 9.17) is 18.9 Å². The molecule has 1 heterocycles. The summed E-state index contributed by atoms with van der Waals surface area (Å²) < 4.78 is 21.2. The Labute approximate surface area is 169 Å². The Balaban J connectivity index is 1.51. The monoisotopic (exact) mass is 406 g/mol. The van der Waals surface area contributed by atoms with Crippen LogP contribution in [0.1, 0.15) is 43.0 Å². The van der Waals surface area contributed by atoms with Gasteiger partial charge in [-0.25, -0.2) is 9.59 Å². The second kappa shape index (κ2) is 9.49. The van der Waals surface area contributed by atoms with Gasteiger partial charge in [-0.15, -0.1) is 0 Å². The van der Waals surface area contributed by atoms with Crippen molar-refractivity contribution in [1.82, 2.24) is 10.6 Å². The molecule has 2 aliphatic rings. The Morgan fingerprint density at radius 2 is 1.90 bits per heavy atom. The highest BCUT2D eigenvalue weighted by atomic mass is 16.6.